The number of nitrogens with one attached hydrogen (secondary N) is 4. The van der Waals surface area contributed by atoms with Crippen molar-refractivity contribution in [2.75, 3.05) is 32.7 Å². The summed E-state index contributed by atoms with van der Waals surface area (Å²) in [4.78, 5) is 116. The maximum absolute atomic E-state index is 13.4. The standard InChI is InChI=1S/C23H22N6O3.C15H15N5O.C8H11N5O.C8H11N5.C7H10N6O/c1-15(2)28-14-24-19-20(28)26-22(25-16(3)30)27-21(19)32-23(31)29(17-10-6-4-7-11-17)18-12-8-5-9-13-18;1-10(2)20-9-18-12-13(16-8-17-14(12)20)19-15(21)11-6-4-3-5-7-11;1-4(2)13-3-10-5-6(13)11-8(9)12-7(5)14;1-5(2)13-4-12-6-7(9)10-3-11-8(6)13;1-3(2)13-5-4(11-12-13)6(14)10-7(8)9-5/h4-15H,1-3H3,(H,25,26,27,30);3-10H,1-2H3,(H,16,17,19,21);3-4H,1-2H3,(H3,9,11,12,14);3-5H,1-2H3,(H2,9,10,11);3H,1-2H3,(H3,8,9,10,14). The number of carbonyl (C=O) groups is 3. The third-order valence-corrected chi connectivity index (χ3v) is 13.6. The summed E-state index contributed by atoms with van der Waals surface area (Å²) in [5.41, 5.74) is 22.7. The highest BCUT2D eigenvalue weighted by molar-refractivity contribution is 6.06. The molecule has 0 aliphatic rings. The minimum atomic E-state index is -0.671. The Labute approximate surface area is 535 Å². The lowest BCUT2D eigenvalue weighted by molar-refractivity contribution is -0.114. The molecule has 0 unspecified atom stereocenters. The number of nitrogens with two attached hydrogens (primary N) is 3. The lowest BCUT2D eigenvalue weighted by atomic mass is 10.2. The summed E-state index contributed by atoms with van der Waals surface area (Å²) in [6.07, 6.45) is 8.86. The molecule has 94 heavy (non-hydrogen) atoms. The van der Waals surface area contributed by atoms with Gasteiger partial charge in [0.05, 0.1) is 42.7 Å². The zero-order chi connectivity index (χ0) is 67.5. The van der Waals surface area contributed by atoms with Crippen molar-refractivity contribution in [3.63, 3.8) is 0 Å². The van der Waals surface area contributed by atoms with Gasteiger partial charge < -0.3 is 45.5 Å². The molecule has 3 aromatic carbocycles. The van der Waals surface area contributed by atoms with Crippen LogP contribution in [0.25, 0.3) is 55.8 Å². The lowest BCUT2D eigenvalue weighted by Crippen LogP contribution is -2.29. The van der Waals surface area contributed by atoms with Crippen LogP contribution in [0.1, 0.15) is 117 Å². The maximum Gasteiger partial charge on any atom is 0.425 e. The van der Waals surface area contributed by atoms with E-state index in [4.69, 9.17) is 21.9 Å². The molecule has 0 aliphatic heterocycles. The van der Waals surface area contributed by atoms with Crippen LogP contribution >= 0.6 is 0 Å². The number of amides is 3. The Hall–Kier alpha value is -12.5. The molecule has 0 fully saturated rings. The fourth-order valence-electron chi connectivity index (χ4n) is 9.06. The summed E-state index contributed by atoms with van der Waals surface area (Å²) in [6, 6.07) is 28.2. The third kappa shape index (κ3) is 15.1. The number of carbonyl (C=O) groups excluding carboxylic acids is 3. The first-order chi connectivity index (χ1) is 45.0. The van der Waals surface area contributed by atoms with Crippen LogP contribution in [0.2, 0.25) is 0 Å². The van der Waals surface area contributed by atoms with E-state index in [-0.39, 0.29) is 76.3 Å². The molecule has 0 bridgehead atoms. The molecule has 13 rings (SSSR count). The normalized spacial score (nSPS) is 11.1. The first-order valence-electron chi connectivity index (χ1n) is 29.4. The molecule has 484 valence electrons. The van der Waals surface area contributed by atoms with Gasteiger partial charge in [-0.15, -0.1) is 5.10 Å². The van der Waals surface area contributed by atoms with Gasteiger partial charge in [0, 0.05) is 36.7 Å². The summed E-state index contributed by atoms with van der Waals surface area (Å²) < 4.78 is 14.8. The number of nitrogens with zero attached hydrogens (tertiary/aromatic N) is 20. The maximum atomic E-state index is 13.4. The van der Waals surface area contributed by atoms with Crippen molar-refractivity contribution in [3.05, 3.63) is 155 Å². The van der Waals surface area contributed by atoms with Crippen LogP contribution in [0.5, 0.6) is 5.88 Å². The fourth-order valence-corrected chi connectivity index (χ4v) is 9.06. The van der Waals surface area contributed by atoms with Crippen LogP contribution in [0, 0.1) is 0 Å². The number of H-pyrrole nitrogens is 2. The molecule has 33 nitrogen and oxygen atoms in total. The van der Waals surface area contributed by atoms with Crippen LogP contribution in [-0.2, 0) is 4.79 Å². The Morgan fingerprint density at radius 3 is 1.48 bits per heavy atom. The zero-order valence-corrected chi connectivity index (χ0v) is 53.1. The Balaban J connectivity index is 0.000000146. The highest BCUT2D eigenvalue weighted by atomic mass is 16.6. The number of fused-ring (bicyclic) bond motifs is 5. The number of hydrogen-bond acceptors (Lipinski definition) is 23. The van der Waals surface area contributed by atoms with Crippen molar-refractivity contribution in [3.8, 4) is 5.88 Å². The fraction of sp³-hybridized carbons (Fsp3) is 0.262. The Bertz CT molecular complexity index is 4760. The smallest absolute Gasteiger partial charge is 0.388 e. The molecule has 33 heteroatoms. The minimum Gasteiger partial charge on any atom is -0.388 e. The molecule has 10 heterocycles. The van der Waals surface area contributed by atoms with Gasteiger partial charge in [-0.1, -0.05) is 59.8 Å². The molecule has 0 atom stereocenters. The molecule has 10 aromatic heterocycles. The van der Waals surface area contributed by atoms with E-state index in [1.807, 2.05) is 124 Å². The van der Waals surface area contributed by atoms with Crippen molar-refractivity contribution < 1.29 is 19.1 Å². The third-order valence-electron chi connectivity index (χ3n) is 13.6. The van der Waals surface area contributed by atoms with Crippen LogP contribution < -0.4 is 48.6 Å². The predicted octanol–water partition coefficient (Wildman–Crippen LogP) is 8.31. The number of anilines is 7. The van der Waals surface area contributed by atoms with E-state index >= 15 is 0 Å². The molecule has 0 saturated carbocycles. The highest BCUT2D eigenvalue weighted by Gasteiger charge is 2.25. The van der Waals surface area contributed by atoms with Crippen LogP contribution in [-0.4, -0.2) is 121 Å². The number of nitrogen functional groups attached to an aromatic ring is 3. The molecule has 10 N–H and O–H groups in total. The summed E-state index contributed by atoms with van der Waals surface area (Å²) >= 11 is 0. The Morgan fingerprint density at radius 1 is 0.489 bits per heavy atom. The molecular weight excluding hydrogens is 1210 g/mol. The number of aromatic amines is 2. The Morgan fingerprint density at radius 2 is 0.947 bits per heavy atom. The summed E-state index contributed by atoms with van der Waals surface area (Å²) in [7, 11) is 0. The number of aromatic nitrogens is 21. The molecule has 0 aliphatic carbocycles. The second-order valence-electron chi connectivity index (χ2n) is 22.1. The van der Waals surface area contributed by atoms with E-state index in [0.29, 0.717) is 79.3 Å². The van der Waals surface area contributed by atoms with Crippen LogP contribution in [0.15, 0.2) is 139 Å². The molecule has 0 radical (unpaired) electrons. The van der Waals surface area contributed by atoms with Gasteiger partial charge in [0.1, 0.15) is 18.2 Å². The highest BCUT2D eigenvalue weighted by Crippen LogP contribution is 2.30. The summed E-state index contributed by atoms with van der Waals surface area (Å²) in [6.45, 7) is 21.3. The van der Waals surface area contributed by atoms with E-state index in [0.717, 1.165) is 5.65 Å². The van der Waals surface area contributed by atoms with Crippen molar-refractivity contribution >= 4 is 115 Å². The second-order valence-corrected chi connectivity index (χ2v) is 22.1. The van der Waals surface area contributed by atoms with Crippen molar-refractivity contribution in [2.24, 2.45) is 0 Å². The van der Waals surface area contributed by atoms with Crippen molar-refractivity contribution in [1.29, 1.82) is 0 Å². The average molecular weight is 1280 g/mol. The van der Waals surface area contributed by atoms with Crippen molar-refractivity contribution in [2.45, 2.75) is 106 Å². The number of ether oxygens (including phenoxy) is 1. The minimum absolute atomic E-state index is 0.0289. The van der Waals surface area contributed by atoms with E-state index in [1.165, 1.54) is 24.5 Å². The van der Waals surface area contributed by atoms with Gasteiger partial charge in [0.2, 0.25) is 23.8 Å². The topological polar surface area (TPSA) is 437 Å². The number of benzene rings is 3. The van der Waals surface area contributed by atoms with E-state index in [9.17, 15) is 24.0 Å². The molecule has 3 amide bonds. The molecule has 13 aromatic rings. The van der Waals surface area contributed by atoms with Gasteiger partial charge in [-0.3, -0.25) is 34.5 Å². The lowest BCUT2D eigenvalue weighted by Gasteiger charge is -2.22. The van der Waals surface area contributed by atoms with Gasteiger partial charge in [-0.25, -0.2) is 54.2 Å². The van der Waals surface area contributed by atoms with Gasteiger partial charge in [-0.05, 0) is 106 Å². The second kappa shape index (κ2) is 29.0. The summed E-state index contributed by atoms with van der Waals surface area (Å²) in [5.74, 6) is 0.484. The quantitative estimate of drug-likeness (QED) is 0.0639. The zero-order valence-electron chi connectivity index (χ0n) is 53.1. The van der Waals surface area contributed by atoms with E-state index < -0.39 is 6.09 Å². The first kappa shape index (κ1) is 66.0. The first-order valence-corrected chi connectivity index (χ1v) is 29.4. The largest absolute Gasteiger partial charge is 0.425 e. The van der Waals surface area contributed by atoms with Crippen LogP contribution in [0.3, 0.4) is 0 Å². The number of rotatable bonds is 11. The molecular formula is C61H69N27O6. The Kier molecular flexibility index (Phi) is 20.4. The number of imidazole rings is 4. The monoisotopic (exact) mass is 1280 g/mol. The summed E-state index contributed by atoms with van der Waals surface area (Å²) in [5, 5.41) is 12.9. The molecule has 0 spiro atoms. The number of hydrogen-bond donors (Lipinski definition) is 7. The van der Waals surface area contributed by atoms with Gasteiger partial charge in [-0.2, -0.15) is 19.9 Å². The average Bonchev–Trinajstić information content (AvgIpc) is 1.53. The SMILES string of the molecule is CC(=O)Nc1nc(OC(=O)N(c2ccccc2)c2ccccc2)c2ncn(C(C)C)c2n1.CC(C)n1cnc2c(=O)[nH]c(N)nc21.CC(C)n1cnc2c(N)ncnc21.CC(C)n1cnc2c(NC(=O)c3ccccc3)ncnc21.CC(C)n1nnc2c(=O)[nH]c(N)nc21. The van der Waals surface area contributed by atoms with E-state index in [1.54, 1.807) is 71.0 Å². The van der Waals surface area contributed by atoms with Crippen molar-refractivity contribution in [1.82, 2.24) is 103 Å². The predicted molar refractivity (Wildman–Crippen MR) is 355 cm³/mol. The molecule has 0 saturated heterocycles. The van der Waals surface area contributed by atoms with Gasteiger partial charge in [0.25, 0.3) is 22.9 Å². The van der Waals surface area contributed by atoms with Gasteiger partial charge >= 0.3 is 6.09 Å². The number of para-hydroxylation sites is 2. The van der Waals surface area contributed by atoms with E-state index in [2.05, 4.69) is 105 Å². The van der Waals surface area contributed by atoms with Crippen LogP contribution in [0.4, 0.5) is 45.7 Å². The van der Waals surface area contributed by atoms with Gasteiger partial charge in [0.15, 0.2) is 61.9 Å².